The summed E-state index contributed by atoms with van der Waals surface area (Å²) in [5.74, 6) is 0. The molecule has 0 spiro atoms. The molecule has 3 heterocycles. The van der Waals surface area contributed by atoms with Crippen LogP contribution in [0.15, 0.2) is 24.5 Å². The van der Waals surface area contributed by atoms with Crippen LogP contribution in [-0.2, 0) is 9.31 Å². The Morgan fingerprint density at radius 3 is 2.50 bits per heavy atom. The molecular formula is C13H16BIN2O2S. The van der Waals surface area contributed by atoms with Crippen LogP contribution in [0.2, 0.25) is 0 Å². The van der Waals surface area contributed by atoms with Gasteiger partial charge in [0, 0.05) is 53.6 Å². The smallest absolute Gasteiger partial charge is 0.399 e. The first-order chi connectivity index (χ1) is 9.36. The largest absolute Gasteiger partial charge is 0.497 e. The molecule has 7 heteroatoms. The topological polar surface area (TPSA) is 36.3 Å². The van der Waals surface area contributed by atoms with Gasteiger partial charge in [0.05, 0.1) is 11.2 Å². The number of hydrogen-bond donors (Lipinski definition) is 0. The highest BCUT2D eigenvalue weighted by Crippen LogP contribution is 2.37. The number of pyridine rings is 1. The number of fused-ring (bicyclic) bond motifs is 1. The Kier molecular flexibility index (Phi) is 3.59. The van der Waals surface area contributed by atoms with Crippen molar-refractivity contribution in [3.63, 3.8) is 0 Å². The zero-order valence-electron chi connectivity index (χ0n) is 11.9. The third-order valence-electron chi connectivity index (χ3n) is 4.14. The van der Waals surface area contributed by atoms with Crippen LogP contribution < -0.4 is 5.46 Å². The van der Waals surface area contributed by atoms with E-state index in [0.717, 1.165) is 16.5 Å². The van der Waals surface area contributed by atoms with Crippen molar-refractivity contribution in [2.24, 2.45) is 0 Å². The standard InChI is InChI=1S/C13H16BIN2O2S/c1-12(2)13(3,4)19-14(18-12)10-8-17(20-15)11-9(10)6-5-7-16-11/h5-8H,1-4H3. The third kappa shape index (κ3) is 2.19. The second kappa shape index (κ2) is 4.89. The van der Waals surface area contributed by atoms with Crippen molar-refractivity contribution >= 4 is 53.9 Å². The van der Waals surface area contributed by atoms with E-state index in [4.69, 9.17) is 9.31 Å². The fourth-order valence-electron chi connectivity index (χ4n) is 2.27. The van der Waals surface area contributed by atoms with E-state index in [1.165, 1.54) is 0 Å². The summed E-state index contributed by atoms with van der Waals surface area (Å²) in [6.07, 6.45) is 3.86. The summed E-state index contributed by atoms with van der Waals surface area (Å²) in [7, 11) is 1.24. The Morgan fingerprint density at radius 1 is 1.25 bits per heavy atom. The van der Waals surface area contributed by atoms with E-state index < -0.39 is 0 Å². The Morgan fingerprint density at radius 2 is 1.90 bits per heavy atom. The quantitative estimate of drug-likeness (QED) is 0.572. The Hall–Kier alpha value is -0.245. The summed E-state index contributed by atoms with van der Waals surface area (Å²) in [4.78, 5) is 4.44. The molecule has 1 fully saturated rings. The van der Waals surface area contributed by atoms with Gasteiger partial charge in [0.15, 0.2) is 0 Å². The van der Waals surface area contributed by atoms with Gasteiger partial charge in [-0.15, -0.1) is 0 Å². The molecule has 0 aliphatic carbocycles. The van der Waals surface area contributed by atoms with Crippen molar-refractivity contribution < 1.29 is 9.31 Å². The van der Waals surface area contributed by atoms with Gasteiger partial charge in [-0.1, -0.05) is 0 Å². The molecule has 2 aromatic heterocycles. The third-order valence-corrected chi connectivity index (χ3v) is 5.84. The molecule has 0 aromatic carbocycles. The zero-order chi connectivity index (χ0) is 14.5. The van der Waals surface area contributed by atoms with Crippen molar-refractivity contribution in [3.8, 4) is 0 Å². The lowest BCUT2D eigenvalue weighted by Crippen LogP contribution is -2.41. The monoisotopic (exact) mass is 402 g/mol. The second-order valence-corrected chi connectivity index (χ2v) is 7.66. The van der Waals surface area contributed by atoms with E-state index in [0.29, 0.717) is 0 Å². The van der Waals surface area contributed by atoms with Crippen molar-refractivity contribution in [2.45, 2.75) is 38.9 Å². The van der Waals surface area contributed by atoms with Crippen LogP contribution in [-0.4, -0.2) is 27.3 Å². The fraction of sp³-hybridized carbons (Fsp3) is 0.462. The Balaban J connectivity index is 2.08. The van der Waals surface area contributed by atoms with Crippen LogP contribution in [0.25, 0.3) is 11.0 Å². The molecule has 0 N–H and O–H groups in total. The number of halogens is 1. The van der Waals surface area contributed by atoms with Gasteiger partial charge in [0.25, 0.3) is 0 Å². The van der Waals surface area contributed by atoms with Crippen LogP contribution in [0.5, 0.6) is 0 Å². The molecular weight excluding hydrogens is 386 g/mol. The van der Waals surface area contributed by atoms with Crippen molar-refractivity contribution in [1.29, 1.82) is 0 Å². The zero-order valence-corrected chi connectivity index (χ0v) is 14.9. The Labute approximate surface area is 135 Å². The van der Waals surface area contributed by atoms with E-state index >= 15 is 0 Å². The van der Waals surface area contributed by atoms with Gasteiger partial charge in [-0.25, -0.2) is 4.98 Å². The first-order valence-corrected chi connectivity index (χ1v) is 9.78. The Bertz CT molecular complexity index is 643. The maximum Gasteiger partial charge on any atom is 0.497 e. The predicted octanol–water partition coefficient (Wildman–Crippen LogP) is 3.18. The first-order valence-electron chi connectivity index (χ1n) is 6.46. The van der Waals surface area contributed by atoms with Gasteiger partial charge in [0.2, 0.25) is 0 Å². The molecule has 0 radical (unpaired) electrons. The lowest BCUT2D eigenvalue weighted by atomic mass is 9.79. The summed E-state index contributed by atoms with van der Waals surface area (Å²) in [5, 5.41) is 1.08. The number of aromatic nitrogens is 2. The van der Waals surface area contributed by atoms with E-state index in [-0.39, 0.29) is 18.3 Å². The molecule has 3 rings (SSSR count). The van der Waals surface area contributed by atoms with Crippen molar-refractivity contribution in [3.05, 3.63) is 24.5 Å². The van der Waals surface area contributed by atoms with Gasteiger partial charge < -0.3 is 9.31 Å². The molecule has 1 aliphatic heterocycles. The number of nitrogens with zero attached hydrogens (tertiary/aromatic N) is 2. The maximum absolute atomic E-state index is 6.14. The summed E-state index contributed by atoms with van der Waals surface area (Å²) in [6.45, 7) is 8.27. The summed E-state index contributed by atoms with van der Waals surface area (Å²) < 4.78 is 14.3. The van der Waals surface area contributed by atoms with Crippen molar-refractivity contribution in [1.82, 2.24) is 8.96 Å². The van der Waals surface area contributed by atoms with Gasteiger partial charge in [-0.2, -0.15) is 0 Å². The molecule has 0 saturated carbocycles. The molecule has 0 bridgehead atoms. The summed E-state index contributed by atoms with van der Waals surface area (Å²) in [5.41, 5.74) is 1.32. The first kappa shape index (κ1) is 14.7. The molecule has 0 amide bonds. The molecule has 106 valence electrons. The maximum atomic E-state index is 6.14. The van der Waals surface area contributed by atoms with Gasteiger partial charge in [-0.05, 0) is 39.8 Å². The highest BCUT2D eigenvalue weighted by Gasteiger charge is 2.52. The van der Waals surface area contributed by atoms with Crippen molar-refractivity contribution in [2.75, 3.05) is 0 Å². The number of hydrogen-bond acceptors (Lipinski definition) is 4. The minimum Gasteiger partial charge on any atom is -0.399 e. The lowest BCUT2D eigenvalue weighted by molar-refractivity contribution is 0.00578. The summed E-state index contributed by atoms with van der Waals surface area (Å²) >= 11 is 2.25. The highest BCUT2D eigenvalue weighted by atomic mass is 127. The van der Waals surface area contributed by atoms with Crippen LogP contribution in [0, 0.1) is 0 Å². The summed E-state index contributed by atoms with van der Waals surface area (Å²) in [6, 6.07) is 4.01. The van der Waals surface area contributed by atoms with Crippen LogP contribution in [0.4, 0.5) is 0 Å². The van der Waals surface area contributed by atoms with E-state index in [1.54, 1.807) is 15.3 Å². The highest BCUT2D eigenvalue weighted by molar-refractivity contribution is 14.2. The van der Waals surface area contributed by atoms with Crippen LogP contribution in [0.1, 0.15) is 27.7 Å². The van der Waals surface area contributed by atoms with Gasteiger partial charge in [-0.3, -0.25) is 3.97 Å². The molecule has 4 nitrogen and oxygen atoms in total. The number of rotatable bonds is 2. The molecule has 20 heavy (non-hydrogen) atoms. The minimum atomic E-state index is -0.350. The van der Waals surface area contributed by atoms with Gasteiger partial charge in [0.1, 0.15) is 5.65 Å². The second-order valence-electron chi connectivity index (χ2n) is 5.94. The molecule has 0 unspecified atom stereocenters. The molecule has 1 saturated heterocycles. The average molecular weight is 402 g/mol. The predicted molar refractivity (Wildman–Crippen MR) is 92.5 cm³/mol. The normalized spacial score (nSPS) is 20.8. The van der Waals surface area contributed by atoms with E-state index in [9.17, 15) is 0 Å². The molecule has 2 aromatic rings. The lowest BCUT2D eigenvalue weighted by Gasteiger charge is -2.32. The van der Waals surface area contributed by atoms with Gasteiger partial charge >= 0.3 is 7.12 Å². The van der Waals surface area contributed by atoms with Crippen LogP contribution in [0.3, 0.4) is 0 Å². The van der Waals surface area contributed by atoms with Crippen LogP contribution >= 0.6 is 30.3 Å². The molecule has 1 aliphatic rings. The average Bonchev–Trinajstić information content (AvgIpc) is 2.85. The SMILES string of the molecule is CC1(C)OB(c2cn(SI)c3ncccc23)OC1(C)C. The fourth-order valence-corrected chi connectivity index (χ4v) is 3.53. The van der Waals surface area contributed by atoms with E-state index in [2.05, 4.69) is 66.1 Å². The minimum absolute atomic E-state index is 0.328. The van der Waals surface area contributed by atoms with E-state index in [1.807, 2.05) is 10.0 Å². The molecule has 0 atom stereocenters.